The molecule has 2 N–H and O–H groups in total. The van der Waals surface area contributed by atoms with Crippen LogP contribution in [-0.2, 0) is 0 Å². The Bertz CT molecular complexity index is 632. The molecular weight excluding hydrogens is 288 g/mol. The van der Waals surface area contributed by atoms with Crippen molar-refractivity contribution in [1.82, 2.24) is 15.3 Å². The second-order valence-corrected chi connectivity index (χ2v) is 5.75. The van der Waals surface area contributed by atoms with Crippen LogP contribution in [0, 0.1) is 13.8 Å². The van der Waals surface area contributed by atoms with Gasteiger partial charge in [-0.2, -0.15) is 0 Å². The third kappa shape index (κ3) is 5.36. The molecule has 0 unspecified atom stereocenters. The van der Waals surface area contributed by atoms with Gasteiger partial charge in [0.05, 0.1) is 12.4 Å². The van der Waals surface area contributed by atoms with Gasteiger partial charge < -0.3 is 10.6 Å². The van der Waals surface area contributed by atoms with E-state index >= 15 is 0 Å². The van der Waals surface area contributed by atoms with Gasteiger partial charge in [-0.05, 0) is 43.5 Å². The van der Waals surface area contributed by atoms with Gasteiger partial charge in [-0.3, -0.25) is 4.79 Å². The van der Waals surface area contributed by atoms with Gasteiger partial charge in [0.15, 0.2) is 0 Å². The Hall–Kier alpha value is -2.43. The molecule has 2 rings (SSSR count). The molecule has 5 heteroatoms. The zero-order chi connectivity index (χ0) is 16.7. The summed E-state index contributed by atoms with van der Waals surface area (Å²) in [7, 11) is 0. The second kappa shape index (κ2) is 8.27. The Morgan fingerprint density at radius 2 is 1.78 bits per heavy atom. The summed E-state index contributed by atoms with van der Waals surface area (Å²) >= 11 is 0. The maximum absolute atomic E-state index is 11.9. The van der Waals surface area contributed by atoms with E-state index in [9.17, 15) is 4.79 Å². The van der Waals surface area contributed by atoms with E-state index in [2.05, 4.69) is 47.4 Å². The molecule has 0 radical (unpaired) electrons. The molecule has 0 aliphatic heterocycles. The highest BCUT2D eigenvalue weighted by atomic mass is 16.1. The predicted octanol–water partition coefficient (Wildman–Crippen LogP) is 3.76. The molecule has 2 aromatic rings. The van der Waals surface area contributed by atoms with E-state index in [4.69, 9.17) is 0 Å². The van der Waals surface area contributed by atoms with Crippen LogP contribution in [0.2, 0.25) is 0 Å². The average molecular weight is 312 g/mol. The predicted molar refractivity (Wildman–Crippen MR) is 93.1 cm³/mol. The summed E-state index contributed by atoms with van der Waals surface area (Å²) in [5.41, 5.74) is 3.67. The van der Waals surface area contributed by atoms with Gasteiger partial charge in [-0.1, -0.05) is 25.8 Å². The summed E-state index contributed by atoms with van der Waals surface area (Å²) in [6.07, 6.45) is 6.32. The first-order chi connectivity index (χ1) is 11.1. The number of aromatic nitrogens is 2. The van der Waals surface area contributed by atoms with Crippen molar-refractivity contribution >= 4 is 17.4 Å². The summed E-state index contributed by atoms with van der Waals surface area (Å²) in [6, 6.07) is 6.20. The first kappa shape index (κ1) is 16.9. The number of unbranched alkanes of at least 4 members (excludes halogenated alkanes) is 2. The van der Waals surface area contributed by atoms with Crippen molar-refractivity contribution in [3.63, 3.8) is 0 Å². The van der Waals surface area contributed by atoms with E-state index in [-0.39, 0.29) is 5.91 Å². The Labute approximate surface area is 137 Å². The minimum absolute atomic E-state index is 0.174. The standard InChI is InChI=1S/C18H24N4O/c1-4-5-6-7-19-18(23)16-11-21-17(12-20-16)22-15-9-13(2)8-14(3)10-15/h8-12H,4-7H2,1-3H3,(H,19,23)(H,21,22). The van der Waals surface area contributed by atoms with Crippen LogP contribution in [0.15, 0.2) is 30.6 Å². The van der Waals surface area contributed by atoms with Crippen molar-refractivity contribution in [1.29, 1.82) is 0 Å². The molecule has 5 nitrogen and oxygen atoms in total. The third-order valence-corrected chi connectivity index (χ3v) is 3.44. The van der Waals surface area contributed by atoms with Crippen LogP contribution < -0.4 is 10.6 Å². The highest BCUT2D eigenvalue weighted by Gasteiger charge is 2.07. The molecule has 0 aliphatic carbocycles. The highest BCUT2D eigenvalue weighted by molar-refractivity contribution is 5.92. The van der Waals surface area contributed by atoms with E-state index < -0.39 is 0 Å². The summed E-state index contributed by atoms with van der Waals surface area (Å²) in [4.78, 5) is 20.4. The van der Waals surface area contributed by atoms with Gasteiger partial charge in [-0.25, -0.2) is 9.97 Å². The topological polar surface area (TPSA) is 66.9 Å². The highest BCUT2D eigenvalue weighted by Crippen LogP contribution is 2.17. The number of rotatable bonds is 7. The molecule has 0 saturated heterocycles. The maximum atomic E-state index is 11.9. The third-order valence-electron chi connectivity index (χ3n) is 3.44. The molecule has 1 amide bonds. The fourth-order valence-electron chi connectivity index (χ4n) is 2.37. The summed E-state index contributed by atoms with van der Waals surface area (Å²) in [5.74, 6) is 0.448. The lowest BCUT2D eigenvalue weighted by atomic mass is 10.1. The number of aryl methyl sites for hydroxylation is 2. The first-order valence-electron chi connectivity index (χ1n) is 8.04. The number of nitrogens with zero attached hydrogens (tertiary/aromatic N) is 2. The molecule has 1 aromatic heterocycles. The number of benzene rings is 1. The van der Waals surface area contributed by atoms with E-state index in [1.54, 1.807) is 6.20 Å². The van der Waals surface area contributed by atoms with Crippen molar-refractivity contribution in [3.8, 4) is 0 Å². The number of carbonyl (C=O) groups is 1. The zero-order valence-corrected chi connectivity index (χ0v) is 14.0. The maximum Gasteiger partial charge on any atom is 0.271 e. The van der Waals surface area contributed by atoms with Gasteiger partial charge in [0.1, 0.15) is 11.5 Å². The fraction of sp³-hybridized carbons (Fsp3) is 0.389. The molecule has 0 fully saturated rings. The van der Waals surface area contributed by atoms with Crippen LogP contribution in [-0.4, -0.2) is 22.4 Å². The van der Waals surface area contributed by atoms with Crippen LogP contribution in [0.25, 0.3) is 0 Å². The van der Waals surface area contributed by atoms with E-state index in [0.717, 1.165) is 24.9 Å². The van der Waals surface area contributed by atoms with Gasteiger partial charge in [-0.15, -0.1) is 0 Å². The van der Waals surface area contributed by atoms with Gasteiger partial charge >= 0.3 is 0 Å². The first-order valence-corrected chi connectivity index (χ1v) is 8.04. The number of amides is 1. The number of hydrogen-bond donors (Lipinski definition) is 2. The average Bonchev–Trinajstić information content (AvgIpc) is 2.51. The largest absolute Gasteiger partial charge is 0.351 e. The van der Waals surface area contributed by atoms with Gasteiger partial charge in [0.2, 0.25) is 0 Å². The summed E-state index contributed by atoms with van der Waals surface area (Å²) in [5, 5.41) is 6.06. The van der Waals surface area contributed by atoms with Crippen LogP contribution in [0.5, 0.6) is 0 Å². The Kier molecular flexibility index (Phi) is 6.09. The van der Waals surface area contributed by atoms with Gasteiger partial charge in [0, 0.05) is 12.2 Å². The zero-order valence-electron chi connectivity index (χ0n) is 14.0. The van der Waals surface area contributed by atoms with Crippen LogP contribution in [0.3, 0.4) is 0 Å². The molecular formula is C18H24N4O. The van der Waals surface area contributed by atoms with Crippen LogP contribution in [0.4, 0.5) is 11.5 Å². The summed E-state index contributed by atoms with van der Waals surface area (Å²) < 4.78 is 0. The second-order valence-electron chi connectivity index (χ2n) is 5.75. The molecule has 0 atom stereocenters. The van der Waals surface area contributed by atoms with Crippen LogP contribution in [0.1, 0.15) is 47.8 Å². The summed E-state index contributed by atoms with van der Waals surface area (Å²) in [6.45, 7) is 6.91. The molecule has 0 saturated carbocycles. The van der Waals surface area contributed by atoms with Crippen molar-refractivity contribution in [2.24, 2.45) is 0 Å². The lowest BCUT2D eigenvalue weighted by Gasteiger charge is -2.08. The van der Waals surface area contributed by atoms with E-state index in [0.29, 0.717) is 18.1 Å². The van der Waals surface area contributed by atoms with Crippen molar-refractivity contribution < 1.29 is 4.79 Å². The number of anilines is 2. The SMILES string of the molecule is CCCCCNC(=O)c1cnc(Nc2cc(C)cc(C)c2)cn1. The van der Waals surface area contributed by atoms with Crippen molar-refractivity contribution in [2.45, 2.75) is 40.0 Å². The fourth-order valence-corrected chi connectivity index (χ4v) is 2.37. The lowest BCUT2D eigenvalue weighted by molar-refractivity contribution is 0.0947. The van der Waals surface area contributed by atoms with Crippen molar-refractivity contribution in [2.75, 3.05) is 11.9 Å². The Balaban J connectivity index is 1.95. The molecule has 23 heavy (non-hydrogen) atoms. The smallest absolute Gasteiger partial charge is 0.271 e. The normalized spacial score (nSPS) is 10.4. The molecule has 1 aromatic carbocycles. The van der Waals surface area contributed by atoms with E-state index in [1.165, 1.54) is 17.3 Å². The minimum atomic E-state index is -0.174. The molecule has 0 spiro atoms. The number of hydrogen-bond acceptors (Lipinski definition) is 4. The minimum Gasteiger partial charge on any atom is -0.351 e. The Morgan fingerprint density at radius 1 is 1.04 bits per heavy atom. The monoisotopic (exact) mass is 312 g/mol. The number of carbonyl (C=O) groups excluding carboxylic acids is 1. The molecule has 122 valence electrons. The Morgan fingerprint density at radius 3 is 2.39 bits per heavy atom. The van der Waals surface area contributed by atoms with Gasteiger partial charge in [0.25, 0.3) is 5.91 Å². The van der Waals surface area contributed by atoms with Crippen LogP contribution >= 0.6 is 0 Å². The molecule has 0 bridgehead atoms. The lowest BCUT2D eigenvalue weighted by Crippen LogP contribution is -2.25. The quantitative estimate of drug-likeness (QED) is 0.764. The number of nitrogens with one attached hydrogen (secondary N) is 2. The molecule has 0 aliphatic rings. The molecule has 1 heterocycles. The van der Waals surface area contributed by atoms with Crippen molar-refractivity contribution in [3.05, 3.63) is 47.4 Å². The van der Waals surface area contributed by atoms with E-state index in [1.807, 2.05) is 12.1 Å².